The minimum Gasteiger partial charge on any atom is -0.457 e. The predicted molar refractivity (Wildman–Crippen MR) is 131 cm³/mol. The number of rotatable bonds is 6. The first kappa shape index (κ1) is 29.4. The quantitative estimate of drug-likeness (QED) is 0.135. The molecule has 4 aromatic rings. The number of ether oxygens (including phenoxy) is 2. The molecule has 0 fully saturated rings. The molecule has 12 heteroatoms. The third kappa shape index (κ3) is 8.98. The minimum atomic E-state index is -4.41. The van der Waals surface area contributed by atoms with Gasteiger partial charge in [0, 0.05) is 0 Å². The lowest BCUT2D eigenvalue weighted by Gasteiger charge is -2.09. The Kier molecular flexibility index (Phi) is 9.59. The lowest BCUT2D eigenvalue weighted by atomic mass is 10.2. The number of nitrogens with zero attached hydrogens (tertiary/aromatic N) is 2. The van der Waals surface area contributed by atoms with Gasteiger partial charge < -0.3 is 9.47 Å². The SMILES string of the molecule is O=C=Nc1ccc(Oc2ccc(C(F)(F)F)cc2)cc1.O=C=Nc1ccc(Oc2cccc(C(F)(F)F)c2)cc1. The highest BCUT2D eigenvalue weighted by molar-refractivity contribution is 5.51. The predicted octanol–water partition coefficient (Wildman–Crippen LogP) is 8.93. The molecule has 0 radical (unpaired) electrons. The summed E-state index contributed by atoms with van der Waals surface area (Å²) in [6.45, 7) is 0. The van der Waals surface area contributed by atoms with Gasteiger partial charge in [-0.25, -0.2) is 9.59 Å². The second kappa shape index (κ2) is 13.1. The fourth-order valence-electron chi connectivity index (χ4n) is 3.00. The van der Waals surface area contributed by atoms with E-state index < -0.39 is 23.5 Å². The Morgan fingerprint density at radius 2 is 0.900 bits per heavy atom. The largest absolute Gasteiger partial charge is 0.457 e. The zero-order chi connectivity index (χ0) is 29.2. The molecule has 4 rings (SSSR count). The number of hydrogen-bond acceptors (Lipinski definition) is 6. The third-order valence-corrected chi connectivity index (χ3v) is 4.84. The molecule has 0 spiro atoms. The maximum atomic E-state index is 12.5. The van der Waals surface area contributed by atoms with Crippen molar-refractivity contribution in [2.75, 3.05) is 0 Å². The maximum Gasteiger partial charge on any atom is 0.416 e. The van der Waals surface area contributed by atoms with E-state index in [0.29, 0.717) is 22.9 Å². The molecule has 0 unspecified atom stereocenters. The summed E-state index contributed by atoms with van der Waals surface area (Å²) in [4.78, 5) is 26.9. The van der Waals surface area contributed by atoms with Crippen molar-refractivity contribution < 1.29 is 45.4 Å². The molecule has 0 aromatic heterocycles. The molecule has 0 saturated heterocycles. The van der Waals surface area contributed by atoms with E-state index in [1.807, 2.05) is 0 Å². The monoisotopic (exact) mass is 558 g/mol. The summed E-state index contributed by atoms with van der Waals surface area (Å²) in [7, 11) is 0. The number of aliphatic imine (C=N–C) groups is 2. The van der Waals surface area contributed by atoms with Crippen LogP contribution < -0.4 is 9.47 Å². The van der Waals surface area contributed by atoms with E-state index in [1.54, 1.807) is 12.1 Å². The molecule has 0 saturated carbocycles. The molecule has 6 nitrogen and oxygen atoms in total. The molecule has 0 aliphatic rings. The van der Waals surface area contributed by atoms with Crippen LogP contribution in [0.15, 0.2) is 107 Å². The highest BCUT2D eigenvalue weighted by Crippen LogP contribution is 2.33. The Morgan fingerprint density at radius 1 is 0.500 bits per heavy atom. The standard InChI is InChI=1S/2C14H8F3NO2/c15-14(16,17)10-1-5-12(6-2-10)20-13-7-3-11(4-8-13)18-9-19;15-14(16,17)10-2-1-3-13(8-10)20-12-6-4-11(5-7-12)18-9-19/h2*1-8H. The van der Waals surface area contributed by atoms with Crippen LogP contribution in [0, 0.1) is 0 Å². The number of carbonyl (C=O) groups excluding carboxylic acids is 2. The minimum absolute atomic E-state index is 0.0754. The van der Waals surface area contributed by atoms with Crippen LogP contribution in [0.5, 0.6) is 23.0 Å². The normalized spacial score (nSPS) is 10.8. The van der Waals surface area contributed by atoms with Crippen LogP contribution in [0.1, 0.15) is 11.1 Å². The summed E-state index contributed by atoms with van der Waals surface area (Å²) in [6, 6.07) is 21.1. The Labute approximate surface area is 222 Å². The Bertz CT molecular complexity index is 1510. The van der Waals surface area contributed by atoms with Crippen molar-refractivity contribution in [2.24, 2.45) is 9.98 Å². The highest BCUT2D eigenvalue weighted by Gasteiger charge is 2.31. The van der Waals surface area contributed by atoms with Crippen LogP contribution >= 0.6 is 0 Å². The van der Waals surface area contributed by atoms with Crippen molar-refractivity contribution in [3.63, 3.8) is 0 Å². The summed E-state index contributed by atoms with van der Waals surface area (Å²) in [5.41, 5.74) is -0.714. The number of isocyanates is 2. The molecule has 204 valence electrons. The van der Waals surface area contributed by atoms with Crippen molar-refractivity contribution in [1.29, 1.82) is 0 Å². The Morgan fingerprint density at radius 3 is 1.30 bits per heavy atom. The topological polar surface area (TPSA) is 77.3 Å². The zero-order valence-corrected chi connectivity index (χ0v) is 20.0. The first-order chi connectivity index (χ1) is 19.0. The van der Waals surface area contributed by atoms with Crippen LogP contribution in [0.2, 0.25) is 0 Å². The van der Waals surface area contributed by atoms with E-state index in [0.717, 1.165) is 24.3 Å². The van der Waals surface area contributed by atoms with E-state index in [-0.39, 0.29) is 11.5 Å². The van der Waals surface area contributed by atoms with Crippen LogP contribution in [-0.4, -0.2) is 12.2 Å². The summed E-state index contributed by atoms with van der Waals surface area (Å²) >= 11 is 0. The Hall–Kier alpha value is -5.18. The number of benzene rings is 4. The number of hydrogen-bond donors (Lipinski definition) is 0. The second-order valence-electron chi connectivity index (χ2n) is 7.65. The molecule has 0 amide bonds. The van der Waals surface area contributed by atoms with Crippen LogP contribution in [-0.2, 0) is 21.9 Å². The average molecular weight is 558 g/mol. The molecule has 0 N–H and O–H groups in total. The van der Waals surface area contributed by atoms with Gasteiger partial charge in [-0.2, -0.15) is 36.3 Å². The second-order valence-corrected chi connectivity index (χ2v) is 7.65. The molecular weight excluding hydrogens is 542 g/mol. The van der Waals surface area contributed by atoms with E-state index in [1.165, 1.54) is 72.8 Å². The van der Waals surface area contributed by atoms with Crippen molar-refractivity contribution in [3.8, 4) is 23.0 Å². The van der Waals surface area contributed by atoms with Crippen molar-refractivity contribution in [3.05, 3.63) is 108 Å². The molecule has 0 aliphatic heterocycles. The molecule has 0 heterocycles. The van der Waals surface area contributed by atoms with Gasteiger partial charge in [0.05, 0.1) is 22.5 Å². The van der Waals surface area contributed by atoms with Gasteiger partial charge in [0.2, 0.25) is 12.2 Å². The first-order valence-corrected chi connectivity index (χ1v) is 11.0. The molecule has 0 atom stereocenters. The first-order valence-electron chi connectivity index (χ1n) is 11.0. The van der Waals surface area contributed by atoms with Crippen molar-refractivity contribution >= 4 is 23.5 Å². The summed E-state index contributed by atoms with van der Waals surface area (Å²) in [6.07, 6.45) is -6.00. The molecular formula is C28H16F6N2O4. The van der Waals surface area contributed by atoms with Gasteiger partial charge in [-0.15, -0.1) is 0 Å². The fraction of sp³-hybridized carbons (Fsp3) is 0.0714. The number of alkyl halides is 6. The van der Waals surface area contributed by atoms with E-state index >= 15 is 0 Å². The van der Waals surface area contributed by atoms with Gasteiger partial charge in [-0.05, 0) is 91.0 Å². The van der Waals surface area contributed by atoms with E-state index in [4.69, 9.17) is 9.47 Å². The van der Waals surface area contributed by atoms with Gasteiger partial charge in [0.25, 0.3) is 0 Å². The maximum absolute atomic E-state index is 12.5. The smallest absolute Gasteiger partial charge is 0.416 e. The Balaban J connectivity index is 0.000000220. The number of halogens is 6. The molecule has 4 aromatic carbocycles. The van der Waals surface area contributed by atoms with Crippen molar-refractivity contribution in [1.82, 2.24) is 0 Å². The fourth-order valence-corrected chi connectivity index (χ4v) is 3.00. The highest BCUT2D eigenvalue weighted by atomic mass is 19.4. The molecule has 40 heavy (non-hydrogen) atoms. The summed E-state index contributed by atoms with van der Waals surface area (Å²) in [5.74, 6) is 1.12. The lowest BCUT2D eigenvalue weighted by Crippen LogP contribution is -2.04. The lowest BCUT2D eigenvalue weighted by molar-refractivity contribution is -0.138. The van der Waals surface area contributed by atoms with Crippen molar-refractivity contribution in [2.45, 2.75) is 12.4 Å². The van der Waals surface area contributed by atoms with Crippen LogP contribution in [0.25, 0.3) is 0 Å². The molecule has 0 bridgehead atoms. The van der Waals surface area contributed by atoms with Crippen LogP contribution in [0.3, 0.4) is 0 Å². The van der Waals surface area contributed by atoms with E-state index in [2.05, 4.69) is 9.98 Å². The molecule has 0 aliphatic carbocycles. The van der Waals surface area contributed by atoms with Gasteiger partial charge >= 0.3 is 12.4 Å². The van der Waals surface area contributed by atoms with Gasteiger partial charge in [0.15, 0.2) is 0 Å². The van der Waals surface area contributed by atoms with E-state index in [9.17, 15) is 35.9 Å². The van der Waals surface area contributed by atoms with Gasteiger partial charge in [0.1, 0.15) is 23.0 Å². The van der Waals surface area contributed by atoms with Crippen LogP contribution in [0.4, 0.5) is 37.7 Å². The van der Waals surface area contributed by atoms with Gasteiger partial charge in [-0.1, -0.05) is 6.07 Å². The summed E-state index contributed by atoms with van der Waals surface area (Å²) in [5, 5.41) is 0. The summed E-state index contributed by atoms with van der Waals surface area (Å²) < 4.78 is 85.4. The zero-order valence-electron chi connectivity index (χ0n) is 20.0. The average Bonchev–Trinajstić information content (AvgIpc) is 2.91. The third-order valence-electron chi connectivity index (χ3n) is 4.84. The van der Waals surface area contributed by atoms with Gasteiger partial charge in [-0.3, -0.25) is 0 Å².